The van der Waals surface area contributed by atoms with Gasteiger partial charge in [0.05, 0.1) is 10.0 Å². The predicted octanol–water partition coefficient (Wildman–Crippen LogP) is 1.11. The molecule has 0 unspecified atom stereocenters. The van der Waals surface area contributed by atoms with Crippen molar-refractivity contribution >= 4 is 47.0 Å². The van der Waals surface area contributed by atoms with Crippen LogP contribution in [0.5, 0.6) is 0 Å². The van der Waals surface area contributed by atoms with Crippen molar-refractivity contribution in [3.05, 3.63) is 33.8 Å². The van der Waals surface area contributed by atoms with E-state index < -0.39 is 37.0 Å². The number of carbonyl (C=O) groups excluding carboxylic acids is 4. The molecule has 0 aliphatic rings. The van der Waals surface area contributed by atoms with Gasteiger partial charge in [-0.3, -0.25) is 19.7 Å². The molecule has 24 heavy (non-hydrogen) atoms. The highest BCUT2D eigenvalue weighted by molar-refractivity contribution is 6.42. The second kappa shape index (κ2) is 9.74. The van der Waals surface area contributed by atoms with Crippen molar-refractivity contribution in [2.45, 2.75) is 6.92 Å². The SMILES string of the molecule is CCNC(=O)NC(=O)COC(=O)CNC(=O)c1ccc(Cl)c(Cl)c1. The second-order valence-corrected chi connectivity index (χ2v) is 5.19. The molecule has 0 atom stereocenters. The number of carbonyl (C=O) groups is 4. The summed E-state index contributed by atoms with van der Waals surface area (Å²) in [5.41, 5.74) is 0.214. The summed E-state index contributed by atoms with van der Waals surface area (Å²) in [5, 5.41) is 7.10. The van der Waals surface area contributed by atoms with Gasteiger partial charge in [-0.25, -0.2) is 4.79 Å². The van der Waals surface area contributed by atoms with Crippen LogP contribution < -0.4 is 16.0 Å². The number of rotatable bonds is 6. The zero-order chi connectivity index (χ0) is 18.1. The van der Waals surface area contributed by atoms with E-state index >= 15 is 0 Å². The molecule has 0 bridgehead atoms. The van der Waals surface area contributed by atoms with Gasteiger partial charge in [0, 0.05) is 12.1 Å². The number of urea groups is 1. The van der Waals surface area contributed by atoms with Crippen LogP contribution in [0.25, 0.3) is 0 Å². The van der Waals surface area contributed by atoms with Crippen molar-refractivity contribution in [1.29, 1.82) is 0 Å². The molecule has 4 amide bonds. The molecule has 0 aromatic heterocycles. The van der Waals surface area contributed by atoms with Gasteiger partial charge >= 0.3 is 12.0 Å². The molecule has 130 valence electrons. The Kier molecular flexibility index (Phi) is 8.00. The summed E-state index contributed by atoms with van der Waals surface area (Å²) in [5.74, 6) is -2.18. The van der Waals surface area contributed by atoms with E-state index in [2.05, 4.69) is 15.4 Å². The summed E-state index contributed by atoms with van der Waals surface area (Å²) in [6.45, 7) is 0.937. The molecule has 0 spiro atoms. The number of nitrogens with one attached hydrogen (secondary N) is 3. The van der Waals surface area contributed by atoms with Gasteiger partial charge in [-0.1, -0.05) is 23.2 Å². The third-order valence-corrected chi connectivity index (χ3v) is 3.27. The first-order chi connectivity index (χ1) is 11.3. The van der Waals surface area contributed by atoms with E-state index in [1.54, 1.807) is 6.92 Å². The van der Waals surface area contributed by atoms with Gasteiger partial charge in [-0.05, 0) is 25.1 Å². The minimum absolute atomic E-state index is 0.203. The molecule has 0 saturated heterocycles. The first-order valence-electron chi connectivity index (χ1n) is 6.80. The van der Waals surface area contributed by atoms with Crippen molar-refractivity contribution in [3.8, 4) is 0 Å². The largest absolute Gasteiger partial charge is 0.454 e. The number of benzene rings is 1. The molecule has 0 saturated carbocycles. The summed E-state index contributed by atoms with van der Waals surface area (Å²) >= 11 is 11.5. The van der Waals surface area contributed by atoms with Crippen LogP contribution in [0, 0.1) is 0 Å². The van der Waals surface area contributed by atoms with Crippen molar-refractivity contribution in [3.63, 3.8) is 0 Å². The Balaban J connectivity index is 2.35. The maximum Gasteiger partial charge on any atom is 0.325 e. The maximum absolute atomic E-state index is 11.8. The van der Waals surface area contributed by atoms with E-state index in [-0.39, 0.29) is 10.6 Å². The lowest BCUT2D eigenvalue weighted by Gasteiger charge is -2.07. The molecule has 0 fully saturated rings. The highest BCUT2D eigenvalue weighted by atomic mass is 35.5. The summed E-state index contributed by atoms with van der Waals surface area (Å²) in [7, 11) is 0. The Morgan fingerprint density at radius 1 is 1.08 bits per heavy atom. The summed E-state index contributed by atoms with van der Waals surface area (Å²) < 4.78 is 4.62. The number of hydrogen-bond acceptors (Lipinski definition) is 5. The molecule has 1 aromatic carbocycles. The fourth-order valence-electron chi connectivity index (χ4n) is 1.46. The normalized spacial score (nSPS) is 9.79. The lowest BCUT2D eigenvalue weighted by Crippen LogP contribution is -2.41. The average Bonchev–Trinajstić information content (AvgIpc) is 2.53. The predicted molar refractivity (Wildman–Crippen MR) is 87.0 cm³/mol. The lowest BCUT2D eigenvalue weighted by atomic mass is 10.2. The van der Waals surface area contributed by atoms with Gasteiger partial charge in [0.1, 0.15) is 6.54 Å². The van der Waals surface area contributed by atoms with Crippen LogP contribution in [-0.4, -0.2) is 43.5 Å². The van der Waals surface area contributed by atoms with E-state index in [1.807, 2.05) is 5.32 Å². The molecular weight excluding hydrogens is 361 g/mol. The van der Waals surface area contributed by atoms with Crippen LogP contribution in [0.3, 0.4) is 0 Å². The van der Waals surface area contributed by atoms with Crippen LogP contribution >= 0.6 is 23.2 Å². The number of amides is 4. The summed E-state index contributed by atoms with van der Waals surface area (Å²) in [6, 6.07) is 3.55. The minimum atomic E-state index is -0.838. The fraction of sp³-hybridized carbons (Fsp3) is 0.286. The van der Waals surface area contributed by atoms with Crippen LogP contribution in [0.4, 0.5) is 4.79 Å². The Morgan fingerprint density at radius 3 is 2.42 bits per heavy atom. The molecule has 0 radical (unpaired) electrons. The van der Waals surface area contributed by atoms with Crippen molar-refractivity contribution in [1.82, 2.24) is 16.0 Å². The van der Waals surface area contributed by atoms with Crippen molar-refractivity contribution < 1.29 is 23.9 Å². The quantitative estimate of drug-likeness (QED) is 0.644. The number of halogens is 2. The Hall–Kier alpha value is -2.32. The van der Waals surface area contributed by atoms with E-state index in [0.29, 0.717) is 11.6 Å². The van der Waals surface area contributed by atoms with Crippen LogP contribution in [0.15, 0.2) is 18.2 Å². The monoisotopic (exact) mass is 375 g/mol. The topological polar surface area (TPSA) is 114 Å². The standard InChI is InChI=1S/C14H15Cl2N3O5/c1-2-17-14(23)19-11(20)7-24-12(21)6-18-13(22)8-3-4-9(15)10(16)5-8/h3-5H,2,6-7H2,1H3,(H,18,22)(H2,17,19,20,23). The van der Waals surface area contributed by atoms with Crippen molar-refractivity contribution in [2.24, 2.45) is 0 Å². The summed E-state index contributed by atoms with van der Waals surface area (Å²) in [4.78, 5) is 45.6. The zero-order valence-corrected chi connectivity index (χ0v) is 14.2. The molecule has 1 aromatic rings. The highest BCUT2D eigenvalue weighted by Crippen LogP contribution is 2.22. The number of ether oxygens (including phenoxy) is 1. The van der Waals surface area contributed by atoms with Gasteiger partial charge in [0.2, 0.25) is 0 Å². The van der Waals surface area contributed by atoms with E-state index in [4.69, 9.17) is 23.2 Å². The van der Waals surface area contributed by atoms with Crippen LogP contribution in [0.1, 0.15) is 17.3 Å². The third kappa shape index (κ3) is 6.84. The molecule has 3 N–H and O–H groups in total. The van der Waals surface area contributed by atoms with Gasteiger partial charge in [0.25, 0.3) is 11.8 Å². The fourth-order valence-corrected chi connectivity index (χ4v) is 1.75. The van der Waals surface area contributed by atoms with E-state index in [0.717, 1.165) is 0 Å². The average molecular weight is 376 g/mol. The van der Waals surface area contributed by atoms with Gasteiger partial charge in [0.15, 0.2) is 6.61 Å². The zero-order valence-electron chi connectivity index (χ0n) is 12.7. The van der Waals surface area contributed by atoms with Crippen LogP contribution in [0.2, 0.25) is 10.0 Å². The molecule has 10 heteroatoms. The minimum Gasteiger partial charge on any atom is -0.454 e. The Bertz CT molecular complexity index is 651. The molecular formula is C14H15Cl2N3O5. The first-order valence-corrected chi connectivity index (χ1v) is 7.55. The third-order valence-electron chi connectivity index (χ3n) is 2.53. The van der Waals surface area contributed by atoms with E-state index in [9.17, 15) is 19.2 Å². The van der Waals surface area contributed by atoms with Gasteiger partial charge in [-0.2, -0.15) is 0 Å². The molecule has 0 aliphatic heterocycles. The van der Waals surface area contributed by atoms with Gasteiger partial charge < -0.3 is 15.4 Å². The molecule has 0 aliphatic carbocycles. The van der Waals surface area contributed by atoms with Gasteiger partial charge in [-0.15, -0.1) is 0 Å². The molecule has 0 heterocycles. The number of imide groups is 1. The Morgan fingerprint density at radius 2 is 1.79 bits per heavy atom. The highest BCUT2D eigenvalue weighted by Gasteiger charge is 2.13. The molecule has 8 nitrogen and oxygen atoms in total. The maximum atomic E-state index is 11.8. The smallest absolute Gasteiger partial charge is 0.325 e. The van der Waals surface area contributed by atoms with Crippen molar-refractivity contribution in [2.75, 3.05) is 19.7 Å². The lowest BCUT2D eigenvalue weighted by molar-refractivity contribution is -0.147. The van der Waals surface area contributed by atoms with E-state index in [1.165, 1.54) is 18.2 Å². The Labute approximate surface area is 147 Å². The summed E-state index contributed by atoms with van der Waals surface area (Å²) in [6.07, 6.45) is 0. The first kappa shape index (κ1) is 19.7. The number of hydrogen-bond donors (Lipinski definition) is 3. The second-order valence-electron chi connectivity index (χ2n) is 4.38. The number of esters is 1. The molecule has 1 rings (SSSR count). The van der Waals surface area contributed by atoms with Crippen LogP contribution in [-0.2, 0) is 14.3 Å².